The number of aromatic nitrogens is 5. The van der Waals surface area contributed by atoms with E-state index in [2.05, 4.69) is 16.9 Å². The largest absolute Gasteiger partial charge is 0.497 e. The zero-order valence-corrected chi connectivity index (χ0v) is 27.7. The van der Waals surface area contributed by atoms with Crippen LogP contribution in [0.25, 0.3) is 36.5 Å². The maximum Gasteiger partial charge on any atom is 0.254 e. The van der Waals surface area contributed by atoms with Gasteiger partial charge in [0.25, 0.3) is 5.91 Å². The van der Waals surface area contributed by atoms with Crippen LogP contribution in [0.5, 0.6) is 11.5 Å². The molecule has 1 aliphatic heterocycles. The van der Waals surface area contributed by atoms with Gasteiger partial charge in [-0.3, -0.25) is 4.79 Å². The molecule has 0 N–H and O–H groups in total. The zero-order chi connectivity index (χ0) is 30.7. The van der Waals surface area contributed by atoms with Gasteiger partial charge < -0.3 is 14.4 Å². The summed E-state index contributed by atoms with van der Waals surface area (Å²) >= 11 is 4.66. The molecule has 2 aliphatic rings. The number of thiazole rings is 2. The van der Waals surface area contributed by atoms with Gasteiger partial charge in [-0.1, -0.05) is 30.4 Å². The van der Waals surface area contributed by atoms with E-state index in [1.54, 1.807) is 34.3 Å². The topological polar surface area (TPSA) is 94.7 Å². The van der Waals surface area contributed by atoms with Crippen molar-refractivity contribution in [1.29, 1.82) is 0 Å². The molecule has 230 valence electrons. The molecule has 0 spiro atoms. The standard InChI is InChI=1S/C33H32N6O3S3/c1-18-4-9-24-11-20(10-18)14-38(24)32(40)22-7-5-21(6-8-22)30-34-23(17-43-30)16-42-28-13-25(41-3)12-26-29(28)45-31(35-26)27-15-39-33(36-27)44-19(2)37-39/h5-8,12-13,15,17-18,20,24H,4,9-11,14,16H2,1-3H3/t18-,20-,24-/m1/s1. The predicted octanol–water partition coefficient (Wildman–Crippen LogP) is 7.74. The van der Waals surface area contributed by atoms with E-state index >= 15 is 0 Å². The maximum atomic E-state index is 13.4. The van der Waals surface area contributed by atoms with Crippen molar-refractivity contribution in [2.75, 3.05) is 13.7 Å². The van der Waals surface area contributed by atoms with Gasteiger partial charge in [-0.15, -0.1) is 22.7 Å². The van der Waals surface area contributed by atoms with Crippen LogP contribution in [-0.4, -0.2) is 55.1 Å². The number of ether oxygens (including phenoxy) is 2. The lowest BCUT2D eigenvalue weighted by Crippen LogP contribution is -2.36. The normalized spacial score (nSPS) is 19.8. The van der Waals surface area contributed by atoms with Crippen molar-refractivity contribution in [3.63, 3.8) is 0 Å². The number of hydrogen-bond acceptors (Lipinski definition) is 10. The fourth-order valence-electron chi connectivity index (χ4n) is 6.66. The minimum atomic E-state index is 0.159. The minimum Gasteiger partial charge on any atom is -0.497 e. The quantitative estimate of drug-likeness (QED) is 0.174. The van der Waals surface area contributed by atoms with Crippen molar-refractivity contribution in [2.45, 2.75) is 52.2 Å². The molecule has 6 aromatic rings. The molecule has 45 heavy (non-hydrogen) atoms. The number of nitrogens with zero attached hydrogens (tertiary/aromatic N) is 6. The Kier molecular flexibility index (Phi) is 7.30. The van der Waals surface area contributed by atoms with Crippen LogP contribution in [-0.2, 0) is 6.61 Å². The third kappa shape index (κ3) is 5.49. The summed E-state index contributed by atoms with van der Waals surface area (Å²) < 4.78 is 14.6. The number of likely N-dealkylation sites (tertiary alicyclic amines) is 1. The van der Waals surface area contributed by atoms with Crippen molar-refractivity contribution >= 4 is 55.1 Å². The number of carbonyl (C=O) groups excluding carboxylic acids is 1. The first-order valence-corrected chi connectivity index (χ1v) is 17.7. The second-order valence-corrected chi connectivity index (χ2v) is 15.1. The number of hydrogen-bond donors (Lipinski definition) is 0. The van der Waals surface area contributed by atoms with E-state index in [4.69, 9.17) is 24.4 Å². The monoisotopic (exact) mass is 656 g/mol. The van der Waals surface area contributed by atoms with Gasteiger partial charge in [0.15, 0.2) is 0 Å². The molecule has 3 atom stereocenters. The second-order valence-electron chi connectivity index (χ2n) is 12.1. The van der Waals surface area contributed by atoms with Crippen LogP contribution < -0.4 is 9.47 Å². The third-order valence-corrected chi connectivity index (χ3v) is 11.7. The van der Waals surface area contributed by atoms with Crippen LogP contribution in [0, 0.1) is 18.8 Å². The van der Waals surface area contributed by atoms with E-state index in [-0.39, 0.29) is 5.91 Å². The molecule has 5 heterocycles. The minimum absolute atomic E-state index is 0.159. The number of rotatable bonds is 7. The number of fused-ring (bicyclic) bond motifs is 4. The van der Waals surface area contributed by atoms with Crippen molar-refractivity contribution < 1.29 is 14.3 Å². The highest BCUT2D eigenvalue weighted by Gasteiger charge is 2.38. The first kappa shape index (κ1) is 28.6. The van der Waals surface area contributed by atoms with Crippen LogP contribution in [0.15, 0.2) is 48.0 Å². The molecule has 8 rings (SSSR count). The second kappa shape index (κ2) is 11.5. The Hall–Kier alpha value is -3.87. The van der Waals surface area contributed by atoms with Gasteiger partial charge in [-0.2, -0.15) is 5.10 Å². The maximum absolute atomic E-state index is 13.4. The summed E-state index contributed by atoms with van der Waals surface area (Å²) in [5, 5.41) is 9.16. The molecule has 1 saturated carbocycles. The lowest BCUT2D eigenvalue weighted by molar-refractivity contribution is 0.0712. The SMILES string of the molecule is COc1cc(OCc2csc(-c3ccc(C(=O)N4C[C@@H]5C[C@H](C)CC[C@@H]4C5)cc3)n2)c2sc(-c3cn4nc(C)sc4n3)nc2c1. The Morgan fingerprint density at radius 3 is 2.73 bits per heavy atom. The van der Waals surface area contributed by atoms with Crippen molar-refractivity contribution in [2.24, 2.45) is 11.8 Å². The van der Waals surface area contributed by atoms with Crippen LogP contribution in [0.1, 0.15) is 53.7 Å². The molecule has 0 unspecified atom stereocenters. The number of aryl methyl sites for hydroxylation is 1. The summed E-state index contributed by atoms with van der Waals surface area (Å²) in [6, 6.07) is 12.1. The fraction of sp³-hybridized carbons (Fsp3) is 0.364. The molecular formula is C33H32N6O3S3. The predicted molar refractivity (Wildman–Crippen MR) is 179 cm³/mol. The van der Waals surface area contributed by atoms with Gasteiger partial charge in [0.1, 0.15) is 38.8 Å². The van der Waals surface area contributed by atoms with Gasteiger partial charge in [-0.05, 0) is 56.6 Å². The molecule has 12 heteroatoms. The van der Waals surface area contributed by atoms with E-state index in [9.17, 15) is 4.79 Å². The summed E-state index contributed by atoms with van der Waals surface area (Å²) in [4.78, 5) is 30.8. The van der Waals surface area contributed by atoms with Crippen LogP contribution in [0.2, 0.25) is 0 Å². The molecule has 0 radical (unpaired) electrons. The van der Waals surface area contributed by atoms with Crippen molar-refractivity contribution in [1.82, 2.24) is 29.5 Å². The summed E-state index contributed by atoms with van der Waals surface area (Å²) in [6.07, 6.45) is 6.65. The molecular weight excluding hydrogens is 625 g/mol. The number of methoxy groups -OCH3 is 1. The first-order valence-electron chi connectivity index (χ1n) is 15.2. The van der Waals surface area contributed by atoms with Crippen LogP contribution in [0.3, 0.4) is 0 Å². The van der Waals surface area contributed by atoms with Crippen LogP contribution in [0.4, 0.5) is 0 Å². The summed E-state index contributed by atoms with van der Waals surface area (Å²) in [6.45, 7) is 5.52. The Labute approximate surface area is 272 Å². The molecule has 2 fully saturated rings. The number of amides is 1. The smallest absolute Gasteiger partial charge is 0.254 e. The molecule has 4 aromatic heterocycles. The van der Waals surface area contributed by atoms with Gasteiger partial charge in [0, 0.05) is 41.2 Å². The van der Waals surface area contributed by atoms with E-state index in [0.717, 1.165) is 78.0 Å². The number of imidazole rings is 1. The molecule has 1 aliphatic carbocycles. The van der Waals surface area contributed by atoms with E-state index < -0.39 is 0 Å². The highest BCUT2D eigenvalue weighted by molar-refractivity contribution is 7.22. The van der Waals surface area contributed by atoms with E-state index in [1.807, 2.05) is 54.9 Å². The first-order chi connectivity index (χ1) is 21.9. The average molecular weight is 657 g/mol. The van der Waals surface area contributed by atoms with Gasteiger partial charge in [0.2, 0.25) is 4.96 Å². The van der Waals surface area contributed by atoms with Crippen molar-refractivity contribution in [3.8, 4) is 32.8 Å². The molecule has 1 saturated heterocycles. The molecule has 2 bridgehead atoms. The Bertz CT molecular complexity index is 1990. The molecule has 1 amide bonds. The van der Waals surface area contributed by atoms with Crippen LogP contribution >= 0.6 is 34.0 Å². The Morgan fingerprint density at radius 1 is 1.04 bits per heavy atom. The highest BCUT2D eigenvalue weighted by Crippen LogP contribution is 2.40. The fourth-order valence-corrected chi connectivity index (χ4v) is 9.17. The average Bonchev–Trinajstić information content (AvgIpc) is 3.85. The molecule has 9 nitrogen and oxygen atoms in total. The third-order valence-electron chi connectivity index (χ3n) is 8.82. The van der Waals surface area contributed by atoms with Crippen molar-refractivity contribution in [3.05, 3.63) is 64.2 Å². The van der Waals surface area contributed by atoms with Gasteiger partial charge >= 0.3 is 0 Å². The van der Waals surface area contributed by atoms with E-state index in [0.29, 0.717) is 30.1 Å². The summed E-state index contributed by atoms with van der Waals surface area (Å²) in [5.74, 6) is 2.95. The number of benzene rings is 2. The Balaban J connectivity index is 0.970. The van der Waals surface area contributed by atoms with Gasteiger partial charge in [-0.25, -0.2) is 19.5 Å². The lowest BCUT2D eigenvalue weighted by atomic mass is 9.95. The number of carbonyl (C=O) groups is 1. The molecule has 2 aromatic carbocycles. The highest BCUT2D eigenvalue weighted by atomic mass is 32.1. The lowest BCUT2D eigenvalue weighted by Gasteiger charge is -2.27. The summed E-state index contributed by atoms with van der Waals surface area (Å²) in [5.41, 5.74) is 4.16. The Morgan fingerprint density at radius 2 is 1.91 bits per heavy atom. The zero-order valence-electron chi connectivity index (χ0n) is 25.2. The van der Waals surface area contributed by atoms with Gasteiger partial charge in [0.05, 0.1) is 29.2 Å². The summed E-state index contributed by atoms with van der Waals surface area (Å²) in [7, 11) is 1.64. The van der Waals surface area contributed by atoms with E-state index in [1.165, 1.54) is 24.2 Å².